The number of anilines is 2. The van der Waals surface area contributed by atoms with Gasteiger partial charge in [0.05, 0.1) is 17.6 Å². The van der Waals surface area contributed by atoms with Gasteiger partial charge in [0, 0.05) is 25.3 Å². The van der Waals surface area contributed by atoms with Gasteiger partial charge in [-0.3, -0.25) is 4.98 Å². The monoisotopic (exact) mass is 250 g/mol. The molecule has 0 radical (unpaired) electrons. The summed E-state index contributed by atoms with van der Waals surface area (Å²) in [6.07, 6.45) is 3.20. The summed E-state index contributed by atoms with van der Waals surface area (Å²) in [7, 11) is 0. The van der Waals surface area contributed by atoms with Crippen LogP contribution in [-0.2, 0) is 0 Å². The second-order valence-electron chi connectivity index (χ2n) is 4.83. The molecule has 0 aromatic carbocycles. The van der Waals surface area contributed by atoms with Gasteiger partial charge in [0.2, 0.25) is 0 Å². The maximum Gasteiger partial charge on any atom is 0.404 e. The highest BCUT2D eigenvalue weighted by Gasteiger charge is 2.26. The van der Waals surface area contributed by atoms with E-state index in [-0.39, 0.29) is 6.04 Å². The van der Waals surface area contributed by atoms with Crippen LogP contribution in [0, 0.1) is 5.92 Å². The van der Waals surface area contributed by atoms with Crippen LogP contribution in [0.2, 0.25) is 0 Å². The van der Waals surface area contributed by atoms with Gasteiger partial charge in [-0.1, -0.05) is 6.92 Å². The molecule has 1 saturated heterocycles. The molecular formula is C12H18N4O2. The number of nitrogens with zero attached hydrogens (tertiary/aromatic N) is 2. The predicted octanol–water partition coefficient (Wildman–Crippen LogP) is 1.15. The maximum atomic E-state index is 10.7. The molecule has 2 atom stereocenters. The Morgan fingerprint density at radius 1 is 1.61 bits per heavy atom. The van der Waals surface area contributed by atoms with Crippen molar-refractivity contribution in [2.45, 2.75) is 19.4 Å². The first-order chi connectivity index (χ1) is 8.56. The number of rotatable bonds is 2. The molecule has 1 aromatic rings. The fraction of sp³-hybridized carbons (Fsp3) is 0.500. The lowest BCUT2D eigenvalue weighted by atomic mass is 9.95. The van der Waals surface area contributed by atoms with E-state index in [1.54, 1.807) is 12.4 Å². The smallest absolute Gasteiger partial charge is 0.404 e. The van der Waals surface area contributed by atoms with Gasteiger partial charge < -0.3 is 21.1 Å². The van der Waals surface area contributed by atoms with Crippen molar-refractivity contribution >= 4 is 17.5 Å². The number of hydrogen-bond acceptors (Lipinski definition) is 4. The summed E-state index contributed by atoms with van der Waals surface area (Å²) in [5, 5.41) is 11.3. The van der Waals surface area contributed by atoms with Gasteiger partial charge in [-0.25, -0.2) is 4.79 Å². The molecule has 0 aliphatic carbocycles. The van der Waals surface area contributed by atoms with Crippen molar-refractivity contribution in [1.29, 1.82) is 0 Å². The number of amides is 1. The van der Waals surface area contributed by atoms with Crippen molar-refractivity contribution in [3.8, 4) is 0 Å². The first kappa shape index (κ1) is 12.5. The number of aromatic nitrogens is 1. The van der Waals surface area contributed by atoms with Crippen LogP contribution in [0.5, 0.6) is 0 Å². The predicted molar refractivity (Wildman–Crippen MR) is 69.6 cm³/mol. The Hall–Kier alpha value is -1.98. The van der Waals surface area contributed by atoms with Gasteiger partial charge in [0.1, 0.15) is 0 Å². The lowest BCUT2D eigenvalue weighted by molar-refractivity contribution is 0.186. The van der Waals surface area contributed by atoms with Crippen molar-refractivity contribution in [2.75, 3.05) is 23.7 Å². The maximum absolute atomic E-state index is 10.7. The molecule has 1 aromatic heterocycles. The molecule has 6 nitrogen and oxygen atoms in total. The zero-order chi connectivity index (χ0) is 13.1. The Morgan fingerprint density at radius 2 is 2.39 bits per heavy atom. The van der Waals surface area contributed by atoms with Gasteiger partial charge >= 0.3 is 6.09 Å². The largest absolute Gasteiger partial charge is 0.465 e. The van der Waals surface area contributed by atoms with Gasteiger partial charge in [0.25, 0.3) is 0 Å². The molecule has 18 heavy (non-hydrogen) atoms. The summed E-state index contributed by atoms with van der Waals surface area (Å²) in [6, 6.07) is 1.81. The first-order valence-electron chi connectivity index (χ1n) is 6.00. The van der Waals surface area contributed by atoms with Gasteiger partial charge in [-0.05, 0) is 18.4 Å². The number of carboxylic acid groups (broad SMARTS) is 1. The third-order valence-electron chi connectivity index (χ3n) is 3.16. The molecule has 0 bridgehead atoms. The molecule has 1 amide bonds. The summed E-state index contributed by atoms with van der Waals surface area (Å²) in [6.45, 7) is 3.64. The fourth-order valence-corrected chi connectivity index (χ4v) is 2.51. The molecule has 1 aliphatic heterocycles. The van der Waals surface area contributed by atoms with Crippen molar-refractivity contribution in [2.24, 2.45) is 5.92 Å². The van der Waals surface area contributed by atoms with Crippen LogP contribution in [0.1, 0.15) is 13.3 Å². The number of nitrogen functional groups attached to an aromatic ring is 1. The van der Waals surface area contributed by atoms with Gasteiger partial charge in [-0.2, -0.15) is 0 Å². The fourth-order valence-electron chi connectivity index (χ4n) is 2.51. The van der Waals surface area contributed by atoms with E-state index < -0.39 is 6.09 Å². The minimum Gasteiger partial charge on any atom is -0.465 e. The molecule has 1 aliphatic rings. The second kappa shape index (κ2) is 5.12. The quantitative estimate of drug-likeness (QED) is 0.732. The minimum atomic E-state index is -0.975. The average molecular weight is 250 g/mol. The van der Waals surface area contributed by atoms with Crippen molar-refractivity contribution in [3.05, 3.63) is 18.5 Å². The number of nitrogens with two attached hydrogens (primary N) is 1. The van der Waals surface area contributed by atoms with E-state index in [0.29, 0.717) is 18.2 Å². The van der Waals surface area contributed by atoms with E-state index in [4.69, 9.17) is 10.8 Å². The van der Waals surface area contributed by atoms with Crippen LogP contribution in [0.3, 0.4) is 0 Å². The van der Waals surface area contributed by atoms with Crippen LogP contribution in [0.15, 0.2) is 18.5 Å². The van der Waals surface area contributed by atoms with Gasteiger partial charge in [-0.15, -0.1) is 0 Å². The van der Waals surface area contributed by atoms with Crippen molar-refractivity contribution in [3.63, 3.8) is 0 Å². The van der Waals surface area contributed by atoms with Crippen LogP contribution < -0.4 is 16.0 Å². The molecule has 2 heterocycles. The number of nitrogens with one attached hydrogen (secondary N) is 1. The normalized spacial score (nSPS) is 23.7. The molecule has 4 N–H and O–H groups in total. The Kier molecular flexibility index (Phi) is 3.55. The molecular weight excluding hydrogens is 232 g/mol. The number of carbonyl (C=O) groups is 1. The van der Waals surface area contributed by atoms with E-state index in [0.717, 1.165) is 18.7 Å². The standard InChI is InChI=1S/C12H18N4O2/c1-8-4-9(15-12(17)18)7-16(6-8)11-2-3-14-5-10(11)13/h2-3,5,8-9,15H,4,6-7,13H2,1H3,(H,17,18)/t8-,9+/m0/s1. The van der Waals surface area contributed by atoms with Crippen LogP contribution in [0.25, 0.3) is 0 Å². The van der Waals surface area contributed by atoms with Gasteiger partial charge in [0.15, 0.2) is 0 Å². The third kappa shape index (κ3) is 2.82. The SMILES string of the molecule is C[C@H]1C[C@@H](NC(=O)O)CN(c2ccncc2N)C1. The first-order valence-corrected chi connectivity index (χ1v) is 6.00. The molecule has 0 saturated carbocycles. The second-order valence-corrected chi connectivity index (χ2v) is 4.83. The number of pyridine rings is 1. The molecule has 1 fully saturated rings. The highest BCUT2D eigenvalue weighted by Crippen LogP contribution is 2.27. The van der Waals surface area contributed by atoms with Crippen molar-refractivity contribution < 1.29 is 9.90 Å². The zero-order valence-corrected chi connectivity index (χ0v) is 10.3. The van der Waals surface area contributed by atoms with E-state index in [2.05, 4.69) is 22.1 Å². The summed E-state index contributed by atoms with van der Waals surface area (Å²) in [4.78, 5) is 16.8. The Labute approximate surface area is 106 Å². The molecule has 98 valence electrons. The van der Waals surface area contributed by atoms with E-state index in [9.17, 15) is 4.79 Å². The minimum absolute atomic E-state index is 0.0567. The van der Waals surface area contributed by atoms with Crippen LogP contribution in [-0.4, -0.2) is 35.3 Å². The molecule has 0 unspecified atom stereocenters. The van der Waals surface area contributed by atoms with Crippen molar-refractivity contribution in [1.82, 2.24) is 10.3 Å². The third-order valence-corrected chi connectivity index (χ3v) is 3.16. The number of hydrogen-bond donors (Lipinski definition) is 3. The van der Waals surface area contributed by atoms with E-state index in [1.165, 1.54) is 0 Å². The van der Waals surface area contributed by atoms with Crippen LogP contribution >= 0.6 is 0 Å². The lowest BCUT2D eigenvalue weighted by Gasteiger charge is -2.38. The highest BCUT2D eigenvalue weighted by molar-refractivity contribution is 5.67. The lowest BCUT2D eigenvalue weighted by Crippen LogP contribution is -2.50. The Morgan fingerprint density at radius 3 is 3.06 bits per heavy atom. The zero-order valence-electron chi connectivity index (χ0n) is 10.3. The summed E-state index contributed by atoms with van der Waals surface area (Å²) in [5.74, 6) is 0.420. The molecule has 2 rings (SSSR count). The topological polar surface area (TPSA) is 91.5 Å². The highest BCUT2D eigenvalue weighted by atomic mass is 16.4. The van der Waals surface area contributed by atoms with E-state index >= 15 is 0 Å². The summed E-state index contributed by atoms with van der Waals surface area (Å²) >= 11 is 0. The Balaban J connectivity index is 2.13. The summed E-state index contributed by atoms with van der Waals surface area (Å²) in [5.41, 5.74) is 7.45. The van der Waals surface area contributed by atoms with E-state index in [1.807, 2.05) is 6.07 Å². The molecule has 0 spiro atoms. The average Bonchev–Trinajstić information content (AvgIpc) is 2.27. The Bertz CT molecular complexity index is 438. The number of piperidine rings is 1. The summed E-state index contributed by atoms with van der Waals surface area (Å²) < 4.78 is 0. The molecule has 6 heteroatoms. The van der Waals surface area contributed by atoms with Crippen LogP contribution in [0.4, 0.5) is 16.2 Å².